The van der Waals surface area contributed by atoms with E-state index in [1.54, 1.807) is 52.7 Å². The van der Waals surface area contributed by atoms with E-state index in [0.29, 0.717) is 23.6 Å². The molecule has 3 aromatic rings. The predicted octanol–water partition coefficient (Wildman–Crippen LogP) is 3.02. The number of hydrogen-bond acceptors (Lipinski definition) is 5. The van der Waals surface area contributed by atoms with Crippen molar-refractivity contribution in [2.45, 2.75) is 17.7 Å². The number of amides is 1. The van der Waals surface area contributed by atoms with Crippen LogP contribution in [0.1, 0.15) is 17.4 Å². The number of carbonyl (C=O) groups excluding carboxylic acids is 1. The van der Waals surface area contributed by atoms with Gasteiger partial charge in [0.2, 0.25) is 0 Å². The molecular weight excluding hydrogens is 360 g/mol. The van der Waals surface area contributed by atoms with E-state index in [0.717, 1.165) is 11.3 Å². The van der Waals surface area contributed by atoms with Gasteiger partial charge in [0.1, 0.15) is 4.21 Å². The van der Waals surface area contributed by atoms with Gasteiger partial charge in [0.15, 0.2) is 5.69 Å². The molecule has 25 heavy (non-hydrogen) atoms. The Morgan fingerprint density at radius 3 is 2.48 bits per heavy atom. The lowest BCUT2D eigenvalue weighted by Crippen LogP contribution is -2.14. The number of rotatable bonds is 6. The molecule has 2 aromatic heterocycles. The van der Waals surface area contributed by atoms with Crippen LogP contribution in [0.25, 0.3) is 0 Å². The number of aryl methyl sites for hydroxylation is 1. The van der Waals surface area contributed by atoms with Crippen molar-refractivity contribution in [3.05, 3.63) is 59.7 Å². The van der Waals surface area contributed by atoms with E-state index in [2.05, 4.69) is 15.1 Å². The van der Waals surface area contributed by atoms with Crippen LogP contribution in [-0.2, 0) is 16.6 Å². The summed E-state index contributed by atoms with van der Waals surface area (Å²) in [5, 5.41) is 8.56. The highest BCUT2D eigenvalue weighted by molar-refractivity contribution is 7.94. The lowest BCUT2D eigenvalue weighted by atomic mass is 10.3. The maximum absolute atomic E-state index is 12.2. The highest BCUT2D eigenvalue weighted by Gasteiger charge is 2.15. The number of nitrogens with one attached hydrogen (secondary N) is 2. The summed E-state index contributed by atoms with van der Waals surface area (Å²) in [6, 6.07) is 11.3. The topological polar surface area (TPSA) is 93.1 Å². The highest BCUT2D eigenvalue weighted by atomic mass is 32.2. The Morgan fingerprint density at radius 2 is 1.88 bits per heavy atom. The number of anilines is 2. The molecule has 0 aliphatic carbocycles. The van der Waals surface area contributed by atoms with Crippen LogP contribution in [0.4, 0.5) is 11.4 Å². The molecule has 0 fully saturated rings. The SMILES string of the molecule is CCn1ccc(C(=O)Nc2ccc(NS(=O)(=O)c3cccs3)cc2)n1. The molecule has 2 N–H and O–H groups in total. The van der Waals surface area contributed by atoms with Crippen LogP contribution in [0.2, 0.25) is 0 Å². The van der Waals surface area contributed by atoms with E-state index in [1.165, 1.54) is 6.07 Å². The van der Waals surface area contributed by atoms with Gasteiger partial charge in [-0.3, -0.25) is 14.2 Å². The van der Waals surface area contributed by atoms with E-state index in [-0.39, 0.29) is 10.1 Å². The minimum atomic E-state index is -3.58. The first kappa shape index (κ1) is 17.2. The summed E-state index contributed by atoms with van der Waals surface area (Å²) in [5.74, 6) is -0.320. The quantitative estimate of drug-likeness (QED) is 0.691. The third-order valence-corrected chi connectivity index (χ3v) is 6.13. The van der Waals surface area contributed by atoms with Crippen LogP contribution < -0.4 is 10.0 Å². The molecule has 0 spiro atoms. The lowest BCUT2D eigenvalue weighted by Gasteiger charge is -2.08. The summed E-state index contributed by atoms with van der Waals surface area (Å²) in [6.45, 7) is 2.62. The summed E-state index contributed by atoms with van der Waals surface area (Å²) < 4.78 is 28.7. The second kappa shape index (κ2) is 7.08. The van der Waals surface area contributed by atoms with Gasteiger partial charge in [0.25, 0.3) is 15.9 Å². The first-order valence-corrected chi connectivity index (χ1v) is 9.85. The van der Waals surface area contributed by atoms with Gasteiger partial charge in [0.05, 0.1) is 0 Å². The molecule has 2 heterocycles. The Bertz CT molecular complexity index is 961. The summed E-state index contributed by atoms with van der Waals surface area (Å²) >= 11 is 1.15. The van der Waals surface area contributed by atoms with Gasteiger partial charge in [-0.2, -0.15) is 5.10 Å². The zero-order chi connectivity index (χ0) is 17.9. The Hall–Kier alpha value is -2.65. The largest absolute Gasteiger partial charge is 0.321 e. The molecule has 0 bridgehead atoms. The second-order valence-electron chi connectivity index (χ2n) is 5.13. The molecule has 130 valence electrons. The van der Waals surface area contributed by atoms with E-state index in [1.807, 2.05) is 6.92 Å². The highest BCUT2D eigenvalue weighted by Crippen LogP contribution is 2.21. The van der Waals surface area contributed by atoms with Gasteiger partial charge in [-0.05, 0) is 48.7 Å². The van der Waals surface area contributed by atoms with Crippen molar-refractivity contribution in [2.24, 2.45) is 0 Å². The van der Waals surface area contributed by atoms with E-state index >= 15 is 0 Å². The molecule has 0 saturated carbocycles. The van der Waals surface area contributed by atoms with E-state index in [9.17, 15) is 13.2 Å². The van der Waals surface area contributed by atoms with Gasteiger partial charge >= 0.3 is 0 Å². The molecule has 0 aliphatic rings. The Labute approximate surface area is 149 Å². The zero-order valence-corrected chi connectivity index (χ0v) is 15.0. The Morgan fingerprint density at radius 1 is 1.16 bits per heavy atom. The number of sulfonamides is 1. The minimum Gasteiger partial charge on any atom is -0.321 e. The Balaban J connectivity index is 1.67. The van der Waals surface area contributed by atoms with Crippen LogP contribution in [0.3, 0.4) is 0 Å². The normalized spacial score (nSPS) is 11.2. The van der Waals surface area contributed by atoms with Crippen LogP contribution >= 0.6 is 11.3 Å². The number of carbonyl (C=O) groups is 1. The summed E-state index contributed by atoms with van der Waals surface area (Å²) in [6.07, 6.45) is 1.73. The fraction of sp³-hybridized carbons (Fsp3) is 0.125. The third kappa shape index (κ3) is 4.06. The standard InChI is InChI=1S/C16H16N4O3S2/c1-2-20-10-9-14(18-20)16(21)17-12-5-7-13(8-6-12)19-25(22,23)15-4-3-11-24-15/h3-11,19H,2H2,1H3,(H,17,21). The smallest absolute Gasteiger partial charge is 0.276 e. The lowest BCUT2D eigenvalue weighted by molar-refractivity contribution is 0.102. The molecular formula is C16H16N4O3S2. The molecule has 7 nitrogen and oxygen atoms in total. The van der Waals surface area contributed by atoms with Gasteiger partial charge in [-0.15, -0.1) is 11.3 Å². The first-order chi connectivity index (χ1) is 12.0. The molecule has 0 aliphatic heterocycles. The predicted molar refractivity (Wildman–Crippen MR) is 97.4 cm³/mol. The van der Waals surface area contributed by atoms with E-state index < -0.39 is 10.0 Å². The van der Waals surface area contributed by atoms with Gasteiger partial charge in [-0.25, -0.2) is 8.42 Å². The maximum atomic E-state index is 12.2. The van der Waals surface area contributed by atoms with Crippen molar-refractivity contribution in [1.82, 2.24) is 9.78 Å². The zero-order valence-electron chi connectivity index (χ0n) is 13.3. The number of benzene rings is 1. The molecule has 0 atom stereocenters. The molecule has 1 aromatic carbocycles. The average molecular weight is 376 g/mol. The fourth-order valence-electron chi connectivity index (χ4n) is 2.10. The van der Waals surface area contributed by atoms with Gasteiger partial charge in [0, 0.05) is 24.1 Å². The number of nitrogens with zero attached hydrogens (tertiary/aromatic N) is 2. The fourth-order valence-corrected chi connectivity index (χ4v) is 4.15. The third-order valence-electron chi connectivity index (χ3n) is 3.35. The molecule has 9 heteroatoms. The van der Waals surface area contributed by atoms with Crippen LogP contribution in [0.15, 0.2) is 58.3 Å². The monoisotopic (exact) mass is 376 g/mol. The molecule has 0 saturated heterocycles. The van der Waals surface area contributed by atoms with Crippen LogP contribution in [-0.4, -0.2) is 24.1 Å². The van der Waals surface area contributed by atoms with Gasteiger partial charge in [-0.1, -0.05) is 6.07 Å². The molecule has 0 radical (unpaired) electrons. The van der Waals surface area contributed by atoms with Crippen molar-refractivity contribution < 1.29 is 13.2 Å². The minimum absolute atomic E-state index is 0.247. The number of thiophene rings is 1. The van der Waals surface area contributed by atoms with Crippen molar-refractivity contribution in [1.29, 1.82) is 0 Å². The summed E-state index contributed by atoms with van der Waals surface area (Å²) in [7, 11) is -3.58. The molecule has 1 amide bonds. The van der Waals surface area contributed by atoms with Crippen molar-refractivity contribution in [3.8, 4) is 0 Å². The van der Waals surface area contributed by atoms with Crippen molar-refractivity contribution >= 4 is 38.6 Å². The number of aromatic nitrogens is 2. The second-order valence-corrected chi connectivity index (χ2v) is 7.98. The van der Waals surface area contributed by atoms with Crippen molar-refractivity contribution in [2.75, 3.05) is 10.0 Å². The first-order valence-electron chi connectivity index (χ1n) is 7.49. The number of hydrogen-bond donors (Lipinski definition) is 2. The summed E-state index contributed by atoms with van der Waals surface area (Å²) in [4.78, 5) is 12.1. The maximum Gasteiger partial charge on any atom is 0.276 e. The summed E-state index contributed by atoms with van der Waals surface area (Å²) in [5.41, 5.74) is 1.29. The Kier molecular flexibility index (Phi) is 4.86. The van der Waals surface area contributed by atoms with E-state index in [4.69, 9.17) is 0 Å². The van der Waals surface area contributed by atoms with Crippen molar-refractivity contribution in [3.63, 3.8) is 0 Å². The molecule has 0 unspecified atom stereocenters. The molecule has 3 rings (SSSR count). The van der Waals surface area contributed by atoms with Crippen LogP contribution in [0.5, 0.6) is 0 Å². The average Bonchev–Trinajstić information content (AvgIpc) is 3.28. The van der Waals surface area contributed by atoms with Crippen LogP contribution in [0, 0.1) is 0 Å². The van der Waals surface area contributed by atoms with Gasteiger partial charge < -0.3 is 5.32 Å².